The molecular formula is C18H15Cl2NO. The zero-order chi connectivity index (χ0) is 15.7. The van der Waals surface area contributed by atoms with Gasteiger partial charge in [-0.3, -0.25) is 4.79 Å². The van der Waals surface area contributed by atoms with Crippen LogP contribution in [-0.2, 0) is 4.79 Å². The second-order valence-electron chi connectivity index (χ2n) is 5.36. The lowest BCUT2D eigenvalue weighted by Gasteiger charge is -2.30. The highest BCUT2D eigenvalue weighted by molar-refractivity contribution is 6.42. The maximum absolute atomic E-state index is 11.1. The van der Waals surface area contributed by atoms with E-state index in [1.165, 1.54) is 0 Å². The molecule has 0 radical (unpaired) electrons. The van der Waals surface area contributed by atoms with Crippen LogP contribution in [0.5, 0.6) is 0 Å². The zero-order valence-corrected chi connectivity index (χ0v) is 13.6. The largest absolute Gasteiger partial charge is 0.341 e. The monoisotopic (exact) mass is 331 g/mol. The molecule has 0 saturated carbocycles. The third-order valence-electron chi connectivity index (χ3n) is 4.04. The molecule has 0 heterocycles. The van der Waals surface area contributed by atoms with E-state index in [4.69, 9.17) is 23.2 Å². The summed E-state index contributed by atoms with van der Waals surface area (Å²) >= 11 is 12.2. The average molecular weight is 332 g/mol. The number of amides is 1. The molecule has 1 amide bonds. The maximum atomic E-state index is 11.1. The fourth-order valence-corrected chi connectivity index (χ4v) is 3.19. The molecule has 0 bridgehead atoms. The molecule has 112 valence electrons. The van der Waals surface area contributed by atoms with Crippen molar-refractivity contribution in [2.24, 2.45) is 0 Å². The number of benzene rings is 2. The SMILES string of the molecule is CN(C=O)[C@H]1CC=C(c2ccc(Cl)c(Cl)c2)c2ccccc21. The third-order valence-corrected chi connectivity index (χ3v) is 4.78. The summed E-state index contributed by atoms with van der Waals surface area (Å²) in [6.07, 6.45) is 3.81. The Bertz CT molecular complexity index is 755. The highest BCUT2D eigenvalue weighted by Gasteiger charge is 2.24. The second kappa shape index (κ2) is 6.15. The smallest absolute Gasteiger partial charge is 0.209 e. The first-order valence-corrected chi connectivity index (χ1v) is 7.79. The van der Waals surface area contributed by atoms with Crippen LogP contribution < -0.4 is 0 Å². The summed E-state index contributed by atoms with van der Waals surface area (Å²) in [5.41, 5.74) is 4.45. The summed E-state index contributed by atoms with van der Waals surface area (Å²) in [6.45, 7) is 0. The Kier molecular flexibility index (Phi) is 4.23. The number of fused-ring (bicyclic) bond motifs is 1. The first kappa shape index (κ1) is 15.1. The van der Waals surface area contributed by atoms with E-state index < -0.39 is 0 Å². The quantitative estimate of drug-likeness (QED) is 0.728. The third kappa shape index (κ3) is 2.65. The first-order valence-electron chi connectivity index (χ1n) is 7.04. The molecule has 0 aromatic heterocycles. The molecule has 0 spiro atoms. The summed E-state index contributed by atoms with van der Waals surface area (Å²) in [5, 5.41) is 1.10. The molecule has 22 heavy (non-hydrogen) atoms. The van der Waals surface area contributed by atoms with Crippen LogP contribution >= 0.6 is 23.2 Å². The molecule has 2 aromatic rings. The predicted octanol–water partition coefficient (Wildman–Crippen LogP) is 4.96. The molecule has 3 rings (SSSR count). The second-order valence-corrected chi connectivity index (χ2v) is 6.17. The zero-order valence-electron chi connectivity index (χ0n) is 12.1. The average Bonchev–Trinajstić information content (AvgIpc) is 2.55. The Morgan fingerprint density at radius 1 is 1.14 bits per heavy atom. The molecule has 0 N–H and O–H groups in total. The summed E-state index contributed by atoms with van der Waals surface area (Å²) in [6, 6.07) is 13.9. The van der Waals surface area contributed by atoms with Crippen molar-refractivity contribution in [2.45, 2.75) is 12.5 Å². The molecule has 0 fully saturated rings. The molecule has 1 aliphatic carbocycles. The fraction of sp³-hybridized carbons (Fsp3) is 0.167. The molecule has 2 nitrogen and oxygen atoms in total. The molecule has 0 saturated heterocycles. The number of halogens is 2. The van der Waals surface area contributed by atoms with Crippen molar-refractivity contribution < 1.29 is 4.79 Å². The minimum Gasteiger partial charge on any atom is -0.341 e. The van der Waals surface area contributed by atoms with Gasteiger partial charge in [0.2, 0.25) is 6.41 Å². The molecule has 1 atom stereocenters. The topological polar surface area (TPSA) is 20.3 Å². The van der Waals surface area contributed by atoms with Crippen LogP contribution in [0.1, 0.15) is 29.2 Å². The Labute approximate surface area is 140 Å². The Hall–Kier alpha value is -1.77. The van der Waals surface area contributed by atoms with Crippen molar-refractivity contribution in [2.75, 3.05) is 7.05 Å². The highest BCUT2D eigenvalue weighted by atomic mass is 35.5. The first-order chi connectivity index (χ1) is 10.6. The lowest BCUT2D eigenvalue weighted by Crippen LogP contribution is -2.25. The van der Waals surface area contributed by atoms with Crippen molar-refractivity contribution in [3.63, 3.8) is 0 Å². The van der Waals surface area contributed by atoms with E-state index in [0.717, 1.165) is 35.1 Å². The summed E-state index contributed by atoms with van der Waals surface area (Å²) in [7, 11) is 1.81. The van der Waals surface area contributed by atoms with Crippen LogP contribution in [0.15, 0.2) is 48.5 Å². The van der Waals surface area contributed by atoms with Gasteiger partial charge >= 0.3 is 0 Å². The minimum atomic E-state index is 0.0697. The van der Waals surface area contributed by atoms with Crippen LogP contribution in [0.3, 0.4) is 0 Å². The molecule has 4 heteroatoms. The number of carbonyl (C=O) groups is 1. The van der Waals surface area contributed by atoms with Crippen molar-refractivity contribution in [3.05, 3.63) is 75.3 Å². The lowest BCUT2D eigenvalue weighted by atomic mass is 9.84. The van der Waals surface area contributed by atoms with E-state index >= 15 is 0 Å². The standard InChI is InChI=1S/C18H15Cl2NO/c1-21(11-22)18-9-7-13(14-4-2-3-5-15(14)18)12-6-8-16(19)17(20)10-12/h2-8,10-11,18H,9H2,1H3/t18-/m0/s1. The van der Waals surface area contributed by atoms with E-state index in [2.05, 4.69) is 18.2 Å². The predicted molar refractivity (Wildman–Crippen MR) is 91.2 cm³/mol. The normalized spacial score (nSPS) is 16.7. The van der Waals surface area contributed by atoms with Crippen LogP contribution in [0.25, 0.3) is 5.57 Å². The molecule has 0 aliphatic heterocycles. The van der Waals surface area contributed by atoms with Gasteiger partial charge in [0.15, 0.2) is 0 Å². The van der Waals surface area contributed by atoms with Gasteiger partial charge < -0.3 is 4.90 Å². The summed E-state index contributed by atoms with van der Waals surface area (Å²) in [4.78, 5) is 12.8. The Morgan fingerprint density at radius 2 is 1.91 bits per heavy atom. The number of hydrogen-bond acceptors (Lipinski definition) is 1. The summed E-state index contributed by atoms with van der Waals surface area (Å²) in [5.74, 6) is 0. The van der Waals surface area contributed by atoms with Crippen LogP contribution in [0, 0.1) is 0 Å². The van der Waals surface area contributed by atoms with Gasteiger partial charge in [0.1, 0.15) is 0 Å². The van der Waals surface area contributed by atoms with E-state index in [1.807, 2.05) is 37.4 Å². The highest BCUT2D eigenvalue weighted by Crippen LogP contribution is 2.39. The Morgan fingerprint density at radius 3 is 2.64 bits per heavy atom. The van der Waals surface area contributed by atoms with E-state index in [1.54, 1.807) is 4.90 Å². The van der Waals surface area contributed by atoms with Crippen molar-refractivity contribution >= 4 is 35.2 Å². The fourth-order valence-electron chi connectivity index (χ4n) is 2.90. The van der Waals surface area contributed by atoms with Crippen molar-refractivity contribution in [1.82, 2.24) is 4.90 Å². The van der Waals surface area contributed by atoms with E-state index in [0.29, 0.717) is 10.0 Å². The minimum absolute atomic E-state index is 0.0697. The summed E-state index contributed by atoms with van der Waals surface area (Å²) < 4.78 is 0. The number of rotatable bonds is 3. The number of hydrogen-bond donors (Lipinski definition) is 0. The van der Waals surface area contributed by atoms with Gasteiger partial charge in [-0.15, -0.1) is 0 Å². The van der Waals surface area contributed by atoms with Gasteiger partial charge in [-0.05, 0) is 40.8 Å². The van der Waals surface area contributed by atoms with E-state index in [-0.39, 0.29) is 6.04 Å². The van der Waals surface area contributed by atoms with Gasteiger partial charge in [0.25, 0.3) is 0 Å². The van der Waals surface area contributed by atoms with Crippen LogP contribution in [0.4, 0.5) is 0 Å². The van der Waals surface area contributed by atoms with Gasteiger partial charge in [0, 0.05) is 7.05 Å². The molecule has 2 aromatic carbocycles. The number of carbonyl (C=O) groups excluding carboxylic acids is 1. The Balaban J connectivity index is 2.09. The van der Waals surface area contributed by atoms with E-state index in [9.17, 15) is 4.79 Å². The van der Waals surface area contributed by atoms with Crippen molar-refractivity contribution in [3.8, 4) is 0 Å². The van der Waals surface area contributed by atoms with Crippen molar-refractivity contribution in [1.29, 1.82) is 0 Å². The molecule has 1 aliphatic rings. The maximum Gasteiger partial charge on any atom is 0.209 e. The number of nitrogens with zero attached hydrogens (tertiary/aromatic N) is 1. The van der Waals surface area contributed by atoms with Crippen LogP contribution in [0.2, 0.25) is 10.0 Å². The van der Waals surface area contributed by atoms with Gasteiger partial charge in [-0.25, -0.2) is 0 Å². The van der Waals surface area contributed by atoms with Gasteiger partial charge in [0.05, 0.1) is 16.1 Å². The van der Waals surface area contributed by atoms with Crippen LogP contribution in [-0.4, -0.2) is 18.4 Å². The van der Waals surface area contributed by atoms with Gasteiger partial charge in [-0.2, -0.15) is 0 Å². The lowest BCUT2D eigenvalue weighted by molar-refractivity contribution is -0.118. The molecule has 0 unspecified atom stereocenters. The van der Waals surface area contributed by atoms with Gasteiger partial charge in [-0.1, -0.05) is 59.6 Å². The molecular weight excluding hydrogens is 317 g/mol.